The second-order valence-corrected chi connectivity index (χ2v) is 6.01. The number of hydrogen-bond donors (Lipinski definition) is 1. The Balaban J connectivity index is 2.07. The van der Waals surface area contributed by atoms with Gasteiger partial charge in [0.05, 0.1) is 6.54 Å². The topological polar surface area (TPSA) is 44.8 Å². The van der Waals surface area contributed by atoms with Gasteiger partial charge in [0.15, 0.2) is 0 Å². The minimum atomic E-state index is 0.146. The number of carbonyl (C=O) groups is 1. The van der Waals surface area contributed by atoms with Gasteiger partial charge in [-0.05, 0) is 65.3 Å². The van der Waals surface area contributed by atoms with E-state index in [1.165, 1.54) is 25.8 Å². The van der Waals surface area contributed by atoms with Crippen LogP contribution in [-0.4, -0.2) is 76.2 Å². The van der Waals surface area contributed by atoms with Gasteiger partial charge in [-0.25, -0.2) is 0 Å². The third kappa shape index (κ3) is 7.82. The normalized spacial score (nSPS) is 17.6. The first-order valence-electron chi connectivity index (χ1n) is 7.74. The highest BCUT2D eigenvalue weighted by Crippen LogP contribution is 2.20. The summed E-state index contributed by atoms with van der Waals surface area (Å²) in [6.07, 6.45) is 4.62. The average molecular weight is 285 g/mol. The number of rotatable bonds is 9. The predicted octanol–water partition coefficient (Wildman–Crippen LogP) is 0.803. The van der Waals surface area contributed by atoms with Crippen LogP contribution in [0.5, 0.6) is 0 Å². The molecule has 5 heteroatoms. The highest BCUT2D eigenvalue weighted by molar-refractivity contribution is 5.77. The number of ether oxygens (including phenoxy) is 1. The molecule has 20 heavy (non-hydrogen) atoms. The molecule has 0 radical (unpaired) electrons. The Kier molecular flexibility index (Phi) is 8.82. The molecule has 0 aromatic carbocycles. The summed E-state index contributed by atoms with van der Waals surface area (Å²) in [6, 6.07) is 0. The van der Waals surface area contributed by atoms with Gasteiger partial charge in [0.1, 0.15) is 0 Å². The van der Waals surface area contributed by atoms with E-state index in [0.717, 1.165) is 25.4 Å². The van der Waals surface area contributed by atoms with Crippen molar-refractivity contribution in [2.45, 2.75) is 25.7 Å². The predicted molar refractivity (Wildman–Crippen MR) is 81.8 cm³/mol. The first kappa shape index (κ1) is 17.4. The lowest BCUT2D eigenvalue weighted by molar-refractivity contribution is -0.122. The maximum atomic E-state index is 11.8. The summed E-state index contributed by atoms with van der Waals surface area (Å²) in [6.45, 7) is 5.26. The van der Waals surface area contributed by atoms with Crippen molar-refractivity contribution in [2.24, 2.45) is 5.92 Å². The van der Waals surface area contributed by atoms with Crippen LogP contribution in [0, 0.1) is 5.92 Å². The first-order chi connectivity index (χ1) is 9.61. The fraction of sp³-hybridized carbons (Fsp3) is 0.933. The highest BCUT2D eigenvalue weighted by Gasteiger charge is 2.20. The van der Waals surface area contributed by atoms with Gasteiger partial charge in [-0.1, -0.05) is 0 Å². The van der Waals surface area contributed by atoms with E-state index >= 15 is 0 Å². The van der Waals surface area contributed by atoms with Gasteiger partial charge in [-0.2, -0.15) is 0 Å². The molecular formula is C15H31N3O2. The van der Waals surface area contributed by atoms with E-state index in [1.807, 2.05) is 0 Å². The SMILES string of the molecule is COCCCNC(=O)CN1CCC(CCN(C)C)CC1. The molecule has 0 spiro atoms. The molecule has 0 atom stereocenters. The summed E-state index contributed by atoms with van der Waals surface area (Å²) in [5, 5.41) is 2.95. The lowest BCUT2D eigenvalue weighted by Gasteiger charge is -2.31. The summed E-state index contributed by atoms with van der Waals surface area (Å²) in [5.41, 5.74) is 0. The minimum Gasteiger partial charge on any atom is -0.385 e. The van der Waals surface area contributed by atoms with Crippen molar-refractivity contribution in [3.05, 3.63) is 0 Å². The number of likely N-dealkylation sites (tertiary alicyclic amines) is 1. The molecule has 1 saturated heterocycles. The molecule has 0 aromatic rings. The van der Waals surface area contributed by atoms with E-state index in [1.54, 1.807) is 7.11 Å². The van der Waals surface area contributed by atoms with E-state index < -0.39 is 0 Å². The second kappa shape index (κ2) is 10.1. The summed E-state index contributed by atoms with van der Waals surface area (Å²) < 4.78 is 4.96. The largest absolute Gasteiger partial charge is 0.385 e. The van der Waals surface area contributed by atoms with Crippen LogP contribution in [0.3, 0.4) is 0 Å². The van der Waals surface area contributed by atoms with Gasteiger partial charge >= 0.3 is 0 Å². The van der Waals surface area contributed by atoms with E-state index in [-0.39, 0.29) is 5.91 Å². The third-order valence-corrected chi connectivity index (χ3v) is 3.91. The Bertz CT molecular complexity index is 264. The Labute approximate surface area is 123 Å². The lowest BCUT2D eigenvalue weighted by Crippen LogP contribution is -2.42. The van der Waals surface area contributed by atoms with Crippen molar-refractivity contribution in [2.75, 3.05) is 60.5 Å². The van der Waals surface area contributed by atoms with Crippen molar-refractivity contribution in [3.8, 4) is 0 Å². The molecule has 1 N–H and O–H groups in total. The van der Waals surface area contributed by atoms with Crippen molar-refractivity contribution in [1.29, 1.82) is 0 Å². The minimum absolute atomic E-state index is 0.146. The lowest BCUT2D eigenvalue weighted by atomic mass is 9.93. The summed E-state index contributed by atoms with van der Waals surface area (Å²) in [5.74, 6) is 0.978. The molecule has 1 heterocycles. The zero-order valence-electron chi connectivity index (χ0n) is 13.4. The molecule has 1 amide bonds. The van der Waals surface area contributed by atoms with Gasteiger partial charge in [0, 0.05) is 20.3 Å². The van der Waals surface area contributed by atoms with E-state index in [4.69, 9.17) is 4.74 Å². The van der Waals surface area contributed by atoms with Gasteiger partial charge < -0.3 is 15.0 Å². The summed E-state index contributed by atoms with van der Waals surface area (Å²) >= 11 is 0. The van der Waals surface area contributed by atoms with Crippen molar-refractivity contribution in [1.82, 2.24) is 15.1 Å². The van der Waals surface area contributed by atoms with E-state index in [0.29, 0.717) is 19.7 Å². The first-order valence-corrected chi connectivity index (χ1v) is 7.74. The number of nitrogens with one attached hydrogen (secondary N) is 1. The number of carbonyl (C=O) groups excluding carboxylic acids is 1. The zero-order valence-corrected chi connectivity index (χ0v) is 13.4. The van der Waals surface area contributed by atoms with Gasteiger partial charge in [0.2, 0.25) is 5.91 Å². The van der Waals surface area contributed by atoms with Crippen LogP contribution in [0.4, 0.5) is 0 Å². The number of amides is 1. The van der Waals surface area contributed by atoms with Crippen LogP contribution >= 0.6 is 0 Å². The van der Waals surface area contributed by atoms with Crippen LogP contribution in [0.25, 0.3) is 0 Å². The Morgan fingerprint density at radius 3 is 2.65 bits per heavy atom. The second-order valence-electron chi connectivity index (χ2n) is 6.01. The Morgan fingerprint density at radius 2 is 2.05 bits per heavy atom. The van der Waals surface area contributed by atoms with Gasteiger partial charge in [0.25, 0.3) is 0 Å². The Morgan fingerprint density at radius 1 is 1.35 bits per heavy atom. The quantitative estimate of drug-likeness (QED) is 0.637. The number of methoxy groups -OCH3 is 1. The molecule has 1 fully saturated rings. The van der Waals surface area contributed by atoms with Crippen LogP contribution in [-0.2, 0) is 9.53 Å². The number of nitrogens with zero attached hydrogens (tertiary/aromatic N) is 2. The standard InChI is InChI=1S/C15H31N3O2/c1-17(2)9-5-14-6-10-18(11-7-14)13-15(19)16-8-4-12-20-3/h14H,4-13H2,1-3H3,(H,16,19). The zero-order chi connectivity index (χ0) is 14.8. The fourth-order valence-electron chi connectivity index (χ4n) is 2.58. The highest BCUT2D eigenvalue weighted by atomic mass is 16.5. The molecule has 0 aromatic heterocycles. The Hall–Kier alpha value is -0.650. The molecule has 0 saturated carbocycles. The number of hydrogen-bond acceptors (Lipinski definition) is 4. The number of piperidine rings is 1. The molecular weight excluding hydrogens is 254 g/mol. The van der Waals surface area contributed by atoms with Crippen LogP contribution in [0.2, 0.25) is 0 Å². The van der Waals surface area contributed by atoms with Gasteiger partial charge in [-0.3, -0.25) is 9.69 Å². The molecule has 0 unspecified atom stereocenters. The molecule has 1 aliphatic heterocycles. The molecule has 0 aliphatic carbocycles. The van der Waals surface area contributed by atoms with E-state index in [9.17, 15) is 4.79 Å². The molecule has 0 bridgehead atoms. The molecule has 5 nitrogen and oxygen atoms in total. The third-order valence-electron chi connectivity index (χ3n) is 3.91. The molecule has 118 valence electrons. The van der Waals surface area contributed by atoms with E-state index in [2.05, 4.69) is 29.2 Å². The summed E-state index contributed by atoms with van der Waals surface area (Å²) in [4.78, 5) is 16.3. The molecule has 1 rings (SSSR count). The maximum Gasteiger partial charge on any atom is 0.234 e. The monoisotopic (exact) mass is 285 g/mol. The smallest absolute Gasteiger partial charge is 0.234 e. The van der Waals surface area contributed by atoms with Gasteiger partial charge in [-0.15, -0.1) is 0 Å². The van der Waals surface area contributed by atoms with Crippen molar-refractivity contribution < 1.29 is 9.53 Å². The van der Waals surface area contributed by atoms with Crippen LogP contribution < -0.4 is 5.32 Å². The van der Waals surface area contributed by atoms with Crippen LogP contribution in [0.1, 0.15) is 25.7 Å². The maximum absolute atomic E-state index is 11.8. The van der Waals surface area contributed by atoms with Crippen molar-refractivity contribution in [3.63, 3.8) is 0 Å². The summed E-state index contributed by atoms with van der Waals surface area (Å²) in [7, 11) is 5.94. The van der Waals surface area contributed by atoms with Crippen molar-refractivity contribution >= 4 is 5.91 Å². The molecule has 1 aliphatic rings. The fourth-order valence-corrected chi connectivity index (χ4v) is 2.58. The average Bonchev–Trinajstić information content (AvgIpc) is 2.43. The van der Waals surface area contributed by atoms with Crippen LogP contribution in [0.15, 0.2) is 0 Å².